The van der Waals surface area contributed by atoms with Crippen molar-refractivity contribution in [3.8, 4) is 0 Å². The highest BCUT2D eigenvalue weighted by Gasteiger charge is 2.33. The molecule has 7 heteroatoms. The fourth-order valence-corrected chi connectivity index (χ4v) is 4.15. The molecule has 0 saturated carbocycles. The average Bonchev–Trinajstić information content (AvgIpc) is 2.38. The van der Waals surface area contributed by atoms with Crippen LogP contribution in [0.25, 0.3) is 0 Å². The van der Waals surface area contributed by atoms with Crippen LogP contribution in [0.2, 0.25) is 0 Å². The molecule has 1 fully saturated rings. The minimum absolute atomic E-state index is 0.0503. The minimum Gasteiger partial charge on any atom is -0.465 e. The third-order valence-corrected chi connectivity index (χ3v) is 5.34. The maximum Gasteiger partial charge on any atom is 0.407 e. The zero-order chi connectivity index (χ0) is 14.8. The first-order valence-electron chi connectivity index (χ1n) is 6.41. The Bertz CT molecular complexity index is 573. The first-order chi connectivity index (χ1) is 9.40. The summed E-state index contributed by atoms with van der Waals surface area (Å²) in [7, 11) is -3.42. The lowest BCUT2D eigenvalue weighted by atomic mass is 10.2. The second kappa shape index (κ2) is 5.80. The van der Waals surface area contributed by atoms with Gasteiger partial charge in [0.05, 0.1) is 5.75 Å². The first-order valence-corrected chi connectivity index (χ1v) is 8.02. The van der Waals surface area contributed by atoms with Gasteiger partial charge < -0.3 is 10.0 Å². The molecule has 1 amide bonds. The van der Waals surface area contributed by atoms with Crippen molar-refractivity contribution in [3.05, 3.63) is 35.9 Å². The van der Waals surface area contributed by atoms with E-state index in [0.29, 0.717) is 0 Å². The van der Waals surface area contributed by atoms with Crippen LogP contribution < -0.4 is 0 Å². The SMILES string of the molecule is C[C@H]1CN(C(=O)O)CCN1S(=O)(=O)Cc1ccccc1. The van der Waals surface area contributed by atoms with Crippen LogP contribution in [0.5, 0.6) is 0 Å². The van der Waals surface area contributed by atoms with E-state index in [1.807, 2.05) is 6.07 Å². The molecule has 1 aliphatic rings. The normalized spacial score (nSPS) is 20.9. The van der Waals surface area contributed by atoms with E-state index in [9.17, 15) is 13.2 Å². The largest absolute Gasteiger partial charge is 0.465 e. The summed E-state index contributed by atoms with van der Waals surface area (Å²) in [6.07, 6.45) is -1.00. The number of carboxylic acid groups (broad SMARTS) is 1. The number of hydrogen-bond donors (Lipinski definition) is 1. The van der Waals surface area contributed by atoms with E-state index >= 15 is 0 Å². The Labute approximate surface area is 118 Å². The molecule has 2 rings (SSSR count). The highest BCUT2D eigenvalue weighted by atomic mass is 32.2. The van der Waals surface area contributed by atoms with E-state index in [2.05, 4.69) is 0 Å². The topological polar surface area (TPSA) is 77.9 Å². The van der Waals surface area contributed by atoms with E-state index in [4.69, 9.17) is 5.11 Å². The summed E-state index contributed by atoms with van der Waals surface area (Å²) in [5.74, 6) is -0.0503. The van der Waals surface area contributed by atoms with Crippen LogP contribution in [0.4, 0.5) is 4.79 Å². The lowest BCUT2D eigenvalue weighted by Gasteiger charge is -2.37. The molecule has 1 aromatic carbocycles. The number of nitrogens with zero attached hydrogens (tertiary/aromatic N) is 2. The molecule has 0 unspecified atom stereocenters. The van der Waals surface area contributed by atoms with Crippen molar-refractivity contribution in [2.75, 3.05) is 19.6 Å². The number of hydrogen-bond acceptors (Lipinski definition) is 3. The molecular formula is C13H18N2O4S. The molecule has 0 bridgehead atoms. The van der Waals surface area contributed by atoms with Crippen LogP contribution in [0, 0.1) is 0 Å². The van der Waals surface area contributed by atoms with Crippen LogP contribution in [-0.2, 0) is 15.8 Å². The fraction of sp³-hybridized carbons (Fsp3) is 0.462. The molecule has 6 nitrogen and oxygen atoms in total. The van der Waals surface area contributed by atoms with Crippen LogP contribution >= 0.6 is 0 Å². The van der Waals surface area contributed by atoms with Gasteiger partial charge in [0, 0.05) is 25.7 Å². The van der Waals surface area contributed by atoms with Gasteiger partial charge in [0.2, 0.25) is 10.0 Å². The van der Waals surface area contributed by atoms with Gasteiger partial charge in [0.25, 0.3) is 0 Å². The Morgan fingerprint density at radius 3 is 2.50 bits per heavy atom. The Kier molecular flexibility index (Phi) is 4.29. The summed E-state index contributed by atoms with van der Waals surface area (Å²) < 4.78 is 26.2. The molecular weight excluding hydrogens is 280 g/mol. The molecule has 1 N–H and O–H groups in total. The molecule has 1 aromatic rings. The van der Waals surface area contributed by atoms with Gasteiger partial charge in [-0.15, -0.1) is 0 Å². The van der Waals surface area contributed by atoms with E-state index in [1.54, 1.807) is 31.2 Å². The van der Waals surface area contributed by atoms with E-state index in [-0.39, 0.29) is 31.4 Å². The molecule has 20 heavy (non-hydrogen) atoms. The average molecular weight is 298 g/mol. The van der Waals surface area contributed by atoms with Crippen molar-refractivity contribution in [3.63, 3.8) is 0 Å². The minimum atomic E-state index is -3.42. The van der Waals surface area contributed by atoms with Gasteiger partial charge in [0.1, 0.15) is 0 Å². The van der Waals surface area contributed by atoms with Crippen molar-refractivity contribution in [2.45, 2.75) is 18.7 Å². The molecule has 110 valence electrons. The Morgan fingerprint density at radius 2 is 1.95 bits per heavy atom. The van der Waals surface area contributed by atoms with Gasteiger partial charge in [0.15, 0.2) is 0 Å². The number of carbonyl (C=O) groups is 1. The van der Waals surface area contributed by atoms with Gasteiger partial charge in [-0.3, -0.25) is 0 Å². The standard InChI is InChI=1S/C13H18N2O4S/c1-11-9-14(13(16)17)7-8-15(11)20(18,19)10-12-5-3-2-4-6-12/h2-6,11H,7-10H2,1H3,(H,16,17)/t11-/m0/s1. The fourth-order valence-electron chi connectivity index (χ4n) is 2.40. The van der Waals surface area contributed by atoms with Crippen LogP contribution in [0.15, 0.2) is 30.3 Å². The van der Waals surface area contributed by atoms with E-state index in [0.717, 1.165) is 5.56 Å². The van der Waals surface area contributed by atoms with Crippen molar-refractivity contribution < 1.29 is 18.3 Å². The number of piperazine rings is 1. The van der Waals surface area contributed by atoms with Gasteiger partial charge in [-0.2, -0.15) is 4.31 Å². The van der Waals surface area contributed by atoms with Gasteiger partial charge in [-0.25, -0.2) is 13.2 Å². The smallest absolute Gasteiger partial charge is 0.407 e. The molecule has 0 aromatic heterocycles. The Balaban J connectivity index is 2.09. The molecule has 0 spiro atoms. The predicted molar refractivity (Wildman–Crippen MR) is 74.8 cm³/mol. The lowest BCUT2D eigenvalue weighted by Crippen LogP contribution is -2.55. The maximum absolute atomic E-state index is 12.4. The van der Waals surface area contributed by atoms with E-state index < -0.39 is 16.1 Å². The number of rotatable bonds is 3. The summed E-state index contributed by atoms with van der Waals surface area (Å²) in [6, 6.07) is 8.65. The summed E-state index contributed by atoms with van der Waals surface area (Å²) in [4.78, 5) is 12.2. The summed E-state index contributed by atoms with van der Waals surface area (Å²) in [5.41, 5.74) is 0.736. The summed E-state index contributed by atoms with van der Waals surface area (Å²) in [6.45, 7) is 2.37. The van der Waals surface area contributed by atoms with Gasteiger partial charge in [-0.05, 0) is 12.5 Å². The lowest BCUT2D eigenvalue weighted by molar-refractivity contribution is 0.109. The quantitative estimate of drug-likeness (QED) is 0.909. The number of amides is 1. The van der Waals surface area contributed by atoms with Crippen LogP contribution in [0.1, 0.15) is 12.5 Å². The first kappa shape index (κ1) is 14.8. The van der Waals surface area contributed by atoms with Gasteiger partial charge >= 0.3 is 6.09 Å². The zero-order valence-electron chi connectivity index (χ0n) is 11.3. The number of sulfonamides is 1. The van der Waals surface area contributed by atoms with Crippen molar-refractivity contribution in [1.82, 2.24) is 9.21 Å². The highest BCUT2D eigenvalue weighted by Crippen LogP contribution is 2.18. The van der Waals surface area contributed by atoms with Crippen molar-refractivity contribution >= 4 is 16.1 Å². The van der Waals surface area contributed by atoms with Crippen molar-refractivity contribution in [1.29, 1.82) is 0 Å². The van der Waals surface area contributed by atoms with Crippen molar-refractivity contribution in [2.24, 2.45) is 0 Å². The Hall–Kier alpha value is -1.60. The zero-order valence-corrected chi connectivity index (χ0v) is 12.1. The Morgan fingerprint density at radius 1 is 1.30 bits per heavy atom. The predicted octanol–water partition coefficient (Wildman–Crippen LogP) is 1.20. The second-order valence-electron chi connectivity index (χ2n) is 4.93. The summed E-state index contributed by atoms with van der Waals surface area (Å²) >= 11 is 0. The van der Waals surface area contributed by atoms with Crippen LogP contribution in [-0.4, -0.2) is 54.5 Å². The highest BCUT2D eigenvalue weighted by molar-refractivity contribution is 7.88. The van der Waals surface area contributed by atoms with E-state index in [1.165, 1.54) is 9.21 Å². The van der Waals surface area contributed by atoms with Gasteiger partial charge in [-0.1, -0.05) is 30.3 Å². The van der Waals surface area contributed by atoms with Crippen LogP contribution in [0.3, 0.4) is 0 Å². The molecule has 1 saturated heterocycles. The number of benzene rings is 1. The molecule has 0 radical (unpaired) electrons. The molecule has 1 aliphatic heterocycles. The molecule has 0 aliphatic carbocycles. The molecule has 1 atom stereocenters. The molecule has 1 heterocycles. The third kappa shape index (κ3) is 3.29. The monoisotopic (exact) mass is 298 g/mol. The summed E-state index contributed by atoms with van der Waals surface area (Å²) in [5, 5.41) is 8.94. The maximum atomic E-state index is 12.4. The third-order valence-electron chi connectivity index (χ3n) is 3.39. The second-order valence-corrected chi connectivity index (χ2v) is 6.85.